The molecule has 1 aliphatic rings. The number of alkyl halides is 3. The Morgan fingerprint density at radius 3 is 2.67 bits per heavy atom. The molecule has 0 amide bonds. The van der Waals surface area contributed by atoms with Crippen LogP contribution in [0.1, 0.15) is 38.2 Å². The molecule has 0 saturated heterocycles. The number of guanidine groups is 1. The number of halogens is 4. The number of nitrogens with zero attached hydrogens (tertiary/aromatic N) is 2. The Morgan fingerprint density at radius 2 is 2.04 bits per heavy atom. The molecule has 0 aliphatic heterocycles. The number of aliphatic hydroxyl groups is 1. The Bertz CT molecular complexity index is 594. The monoisotopic (exact) mass is 502 g/mol. The largest absolute Gasteiger partial charge is 0.475 e. The number of hydrogen-bond donors (Lipinski definition) is 3. The zero-order valence-electron chi connectivity index (χ0n) is 15.1. The van der Waals surface area contributed by atoms with Crippen molar-refractivity contribution in [2.75, 3.05) is 19.7 Å². The van der Waals surface area contributed by atoms with Crippen LogP contribution in [0.3, 0.4) is 0 Å². The van der Waals surface area contributed by atoms with E-state index in [4.69, 9.17) is 4.74 Å². The van der Waals surface area contributed by atoms with Crippen LogP contribution in [0.5, 0.6) is 5.88 Å². The first-order valence-corrected chi connectivity index (χ1v) is 8.78. The molecule has 27 heavy (non-hydrogen) atoms. The summed E-state index contributed by atoms with van der Waals surface area (Å²) in [6.07, 6.45) is -0.274. The van der Waals surface area contributed by atoms with Crippen molar-refractivity contribution in [2.24, 2.45) is 4.99 Å². The van der Waals surface area contributed by atoms with Crippen LogP contribution >= 0.6 is 24.0 Å². The number of nitrogens with one attached hydrogen (secondary N) is 2. The second-order valence-corrected chi connectivity index (χ2v) is 6.11. The summed E-state index contributed by atoms with van der Waals surface area (Å²) in [5.41, 5.74) is -0.894. The van der Waals surface area contributed by atoms with Crippen LogP contribution in [-0.4, -0.2) is 47.9 Å². The average molecular weight is 502 g/mol. The van der Waals surface area contributed by atoms with Gasteiger partial charge in [-0.25, -0.2) is 9.98 Å². The predicted molar refractivity (Wildman–Crippen MR) is 108 cm³/mol. The fourth-order valence-corrected chi connectivity index (χ4v) is 2.75. The van der Waals surface area contributed by atoms with Crippen molar-refractivity contribution in [2.45, 2.75) is 50.9 Å². The van der Waals surface area contributed by atoms with Gasteiger partial charge in [-0.1, -0.05) is 0 Å². The van der Waals surface area contributed by atoms with Gasteiger partial charge < -0.3 is 20.5 Å². The molecule has 1 fully saturated rings. The molecule has 6 nitrogen and oxygen atoms in total. The molecule has 0 radical (unpaired) electrons. The number of rotatable bonds is 6. The highest BCUT2D eigenvalue weighted by atomic mass is 127. The van der Waals surface area contributed by atoms with Crippen LogP contribution in [0.2, 0.25) is 0 Å². The summed E-state index contributed by atoms with van der Waals surface area (Å²) in [6.45, 7) is 2.78. The lowest BCUT2D eigenvalue weighted by Crippen LogP contribution is -2.45. The third-order valence-corrected chi connectivity index (χ3v) is 4.06. The Labute approximate surface area is 174 Å². The molecule has 0 bridgehead atoms. The maximum absolute atomic E-state index is 12.9. The maximum Gasteiger partial charge on any atom is 0.421 e. The highest BCUT2D eigenvalue weighted by Crippen LogP contribution is 2.34. The molecule has 10 heteroatoms. The molecule has 0 spiro atoms. The van der Waals surface area contributed by atoms with E-state index in [9.17, 15) is 18.3 Å². The molecule has 1 aromatic heterocycles. The van der Waals surface area contributed by atoms with Gasteiger partial charge in [0.15, 0.2) is 5.96 Å². The average Bonchev–Trinajstić information content (AvgIpc) is 2.60. The van der Waals surface area contributed by atoms with E-state index in [1.165, 1.54) is 12.3 Å². The SMILES string of the molecule is CCNC(=NCCOc1ncccc1C(F)(F)F)NC1CCC(O)CC1.I. The molecule has 0 unspecified atom stereocenters. The van der Waals surface area contributed by atoms with E-state index in [1.807, 2.05) is 6.92 Å². The van der Waals surface area contributed by atoms with Crippen molar-refractivity contribution in [3.05, 3.63) is 23.9 Å². The van der Waals surface area contributed by atoms with Crippen molar-refractivity contribution < 1.29 is 23.0 Å². The predicted octanol–water partition coefficient (Wildman–Crippen LogP) is 2.96. The van der Waals surface area contributed by atoms with Crippen molar-refractivity contribution in [3.8, 4) is 5.88 Å². The van der Waals surface area contributed by atoms with E-state index in [2.05, 4.69) is 20.6 Å². The summed E-state index contributed by atoms with van der Waals surface area (Å²) < 4.78 is 43.8. The minimum Gasteiger partial charge on any atom is -0.475 e. The van der Waals surface area contributed by atoms with E-state index in [0.29, 0.717) is 12.5 Å². The Morgan fingerprint density at radius 1 is 1.33 bits per heavy atom. The van der Waals surface area contributed by atoms with Crippen molar-refractivity contribution >= 4 is 29.9 Å². The lowest BCUT2D eigenvalue weighted by atomic mass is 9.93. The van der Waals surface area contributed by atoms with Gasteiger partial charge in [-0.3, -0.25) is 0 Å². The minimum atomic E-state index is -4.51. The molecule has 3 N–H and O–H groups in total. The summed E-state index contributed by atoms with van der Waals surface area (Å²) in [5, 5.41) is 15.9. The summed E-state index contributed by atoms with van der Waals surface area (Å²) >= 11 is 0. The molecule has 1 heterocycles. The van der Waals surface area contributed by atoms with Gasteiger partial charge in [0, 0.05) is 18.8 Å². The first kappa shape index (κ1) is 23.7. The molecule has 0 aromatic carbocycles. The summed E-state index contributed by atoms with van der Waals surface area (Å²) in [5.74, 6) is 0.156. The van der Waals surface area contributed by atoms with Gasteiger partial charge in [0.05, 0.1) is 12.6 Å². The molecule has 1 saturated carbocycles. The number of ether oxygens (including phenoxy) is 1. The lowest BCUT2D eigenvalue weighted by Gasteiger charge is -2.27. The minimum absolute atomic E-state index is 0. The highest BCUT2D eigenvalue weighted by molar-refractivity contribution is 14.0. The lowest BCUT2D eigenvalue weighted by molar-refractivity contribution is -0.139. The Hall–Kier alpha value is -1.30. The molecular formula is C17H26F3IN4O2. The smallest absolute Gasteiger partial charge is 0.421 e. The van der Waals surface area contributed by atoms with Crippen LogP contribution in [-0.2, 0) is 6.18 Å². The van der Waals surface area contributed by atoms with Gasteiger partial charge in [-0.2, -0.15) is 13.2 Å². The van der Waals surface area contributed by atoms with Crippen molar-refractivity contribution in [3.63, 3.8) is 0 Å². The van der Waals surface area contributed by atoms with E-state index in [-0.39, 0.29) is 49.3 Å². The fraction of sp³-hybridized carbons (Fsp3) is 0.647. The first-order chi connectivity index (χ1) is 12.4. The molecule has 1 aromatic rings. The quantitative estimate of drug-likeness (QED) is 0.242. The van der Waals surface area contributed by atoms with Gasteiger partial charge >= 0.3 is 6.18 Å². The van der Waals surface area contributed by atoms with E-state index >= 15 is 0 Å². The standard InChI is InChI=1S/C17H25F3N4O2.HI/c1-2-21-16(24-12-5-7-13(25)8-6-12)23-10-11-26-15-14(17(18,19)20)4-3-9-22-15;/h3-4,9,12-13,25H,2,5-8,10-11H2,1H3,(H2,21,23,24);1H. The molecule has 0 atom stereocenters. The maximum atomic E-state index is 12.9. The number of aliphatic hydroxyl groups excluding tert-OH is 1. The first-order valence-electron chi connectivity index (χ1n) is 8.78. The van der Waals surface area contributed by atoms with Crippen LogP contribution in [0.4, 0.5) is 13.2 Å². The second kappa shape index (κ2) is 11.5. The summed E-state index contributed by atoms with van der Waals surface area (Å²) in [7, 11) is 0. The van der Waals surface area contributed by atoms with E-state index in [0.717, 1.165) is 31.7 Å². The summed E-state index contributed by atoms with van der Waals surface area (Å²) in [4.78, 5) is 7.98. The molecule has 1 aliphatic carbocycles. The fourth-order valence-electron chi connectivity index (χ4n) is 2.75. The summed E-state index contributed by atoms with van der Waals surface area (Å²) in [6, 6.07) is 2.39. The van der Waals surface area contributed by atoms with E-state index in [1.54, 1.807) is 0 Å². The van der Waals surface area contributed by atoms with Crippen LogP contribution in [0, 0.1) is 0 Å². The zero-order chi connectivity index (χ0) is 19.0. The topological polar surface area (TPSA) is 78.8 Å². The third kappa shape index (κ3) is 8.08. The van der Waals surface area contributed by atoms with Crippen LogP contribution in [0.25, 0.3) is 0 Å². The number of hydrogen-bond acceptors (Lipinski definition) is 4. The highest BCUT2D eigenvalue weighted by Gasteiger charge is 2.35. The zero-order valence-corrected chi connectivity index (χ0v) is 17.5. The molecule has 2 rings (SSSR count). The number of aliphatic imine (C=N–C) groups is 1. The van der Waals surface area contributed by atoms with Crippen molar-refractivity contribution in [1.29, 1.82) is 0 Å². The normalized spacial score (nSPS) is 20.6. The van der Waals surface area contributed by atoms with Gasteiger partial charge in [0.2, 0.25) is 5.88 Å². The van der Waals surface area contributed by atoms with E-state index < -0.39 is 17.6 Å². The van der Waals surface area contributed by atoms with Gasteiger partial charge in [-0.15, -0.1) is 24.0 Å². The van der Waals surface area contributed by atoms with Crippen LogP contribution in [0.15, 0.2) is 23.3 Å². The Kier molecular flexibility index (Phi) is 10.1. The van der Waals surface area contributed by atoms with Gasteiger partial charge in [0.1, 0.15) is 12.2 Å². The van der Waals surface area contributed by atoms with Crippen LogP contribution < -0.4 is 15.4 Å². The van der Waals surface area contributed by atoms with Gasteiger partial charge in [-0.05, 0) is 44.7 Å². The second-order valence-electron chi connectivity index (χ2n) is 6.11. The van der Waals surface area contributed by atoms with Gasteiger partial charge in [0.25, 0.3) is 0 Å². The molecule has 154 valence electrons. The number of aromatic nitrogens is 1. The Balaban J connectivity index is 0.00000364. The molecular weight excluding hydrogens is 476 g/mol. The number of pyridine rings is 1. The third-order valence-electron chi connectivity index (χ3n) is 4.06. The van der Waals surface area contributed by atoms with Crippen molar-refractivity contribution in [1.82, 2.24) is 15.6 Å².